The molecule has 5 nitrogen and oxygen atoms in total. The van der Waals surface area contributed by atoms with E-state index in [2.05, 4.69) is 60.7 Å². The molecule has 208 valence electrons. The van der Waals surface area contributed by atoms with Gasteiger partial charge in [-0.05, 0) is 58.3 Å². The number of rotatable bonds is 4. The summed E-state index contributed by atoms with van der Waals surface area (Å²) in [6.45, 7) is 0. The number of nitrogens with zero attached hydrogens (tertiary/aromatic N) is 3. The van der Waals surface area contributed by atoms with Crippen LogP contribution in [0, 0.1) is 0 Å². The molecule has 0 bridgehead atoms. The molecule has 1 amide bonds. The highest BCUT2D eigenvalue weighted by Gasteiger charge is 2.63. The predicted octanol–water partition coefficient (Wildman–Crippen LogP) is 8.97. The van der Waals surface area contributed by atoms with Gasteiger partial charge in [0.05, 0.1) is 22.3 Å². The second-order valence-corrected chi connectivity index (χ2v) is 11.8. The number of anilines is 1. The SMILES string of the molecule is O=C1S/C(=C\c2ccc(-c3ccccc3)cc2)C2(Oc3ccccc3C3CC(c4ccccc4)=NN32)N1c1ccccc1. The maximum absolute atomic E-state index is 14.0. The van der Waals surface area contributed by atoms with Crippen LogP contribution in [0.1, 0.15) is 29.2 Å². The average Bonchev–Trinajstić information content (AvgIpc) is 3.63. The van der Waals surface area contributed by atoms with Crippen molar-refractivity contribution < 1.29 is 9.53 Å². The Morgan fingerprint density at radius 3 is 2.05 bits per heavy atom. The Kier molecular flexibility index (Phi) is 6.16. The van der Waals surface area contributed by atoms with Crippen LogP contribution in [0.5, 0.6) is 5.75 Å². The molecular formula is C37H27N3O2S. The minimum Gasteiger partial charge on any atom is -0.443 e. The lowest BCUT2D eigenvalue weighted by atomic mass is 9.95. The summed E-state index contributed by atoms with van der Waals surface area (Å²) in [5, 5.41) is 7.16. The van der Waals surface area contributed by atoms with Crippen molar-refractivity contribution in [2.24, 2.45) is 5.10 Å². The summed E-state index contributed by atoms with van der Waals surface area (Å²) in [5.41, 5.74) is 7.13. The standard InChI is InChI=1S/C37H27N3O2S/c41-36-39(30-16-8-3-9-17-30)37(35(43-36)24-26-20-22-28(23-21-26)27-12-4-1-5-13-27)40-33(31-18-10-11-19-34(31)42-37)25-32(38-40)29-14-6-2-7-15-29/h1-24,33H,25H2/b35-24-. The van der Waals surface area contributed by atoms with E-state index in [4.69, 9.17) is 9.84 Å². The molecule has 0 saturated carbocycles. The largest absolute Gasteiger partial charge is 0.443 e. The minimum atomic E-state index is -1.29. The van der Waals surface area contributed by atoms with Crippen molar-refractivity contribution in [3.8, 4) is 16.9 Å². The molecule has 2 unspecified atom stereocenters. The van der Waals surface area contributed by atoms with Crippen molar-refractivity contribution in [1.82, 2.24) is 5.01 Å². The number of hydrazone groups is 1. The lowest BCUT2D eigenvalue weighted by Crippen LogP contribution is -2.63. The van der Waals surface area contributed by atoms with Gasteiger partial charge in [-0.3, -0.25) is 4.79 Å². The maximum atomic E-state index is 14.0. The Balaban J connectivity index is 1.31. The van der Waals surface area contributed by atoms with Gasteiger partial charge in [0.2, 0.25) is 0 Å². The topological polar surface area (TPSA) is 45.1 Å². The molecule has 3 heterocycles. The highest BCUT2D eigenvalue weighted by atomic mass is 32.2. The van der Waals surface area contributed by atoms with Crippen molar-refractivity contribution >= 4 is 34.5 Å². The van der Waals surface area contributed by atoms with Crippen molar-refractivity contribution in [1.29, 1.82) is 0 Å². The summed E-state index contributed by atoms with van der Waals surface area (Å²) in [6.07, 6.45) is 2.77. The molecule has 3 aliphatic heterocycles. The fourth-order valence-electron chi connectivity index (χ4n) is 6.17. The molecule has 0 N–H and O–H groups in total. The number of hydrogen-bond acceptors (Lipinski definition) is 5. The van der Waals surface area contributed by atoms with Gasteiger partial charge in [0.15, 0.2) is 0 Å². The Hall–Kier alpha value is -5.07. The van der Waals surface area contributed by atoms with Gasteiger partial charge in [0.1, 0.15) is 5.75 Å². The molecule has 1 saturated heterocycles. The van der Waals surface area contributed by atoms with Crippen molar-refractivity contribution in [2.45, 2.75) is 18.3 Å². The third-order valence-corrected chi connectivity index (χ3v) is 9.15. The molecule has 8 rings (SSSR count). The van der Waals surface area contributed by atoms with Gasteiger partial charge in [-0.2, -0.15) is 5.10 Å². The van der Waals surface area contributed by atoms with Gasteiger partial charge in [-0.25, -0.2) is 9.91 Å². The number of fused-ring (bicyclic) bond motifs is 4. The molecule has 5 aromatic rings. The third kappa shape index (κ3) is 4.25. The minimum absolute atomic E-state index is 0.110. The van der Waals surface area contributed by atoms with E-state index >= 15 is 0 Å². The summed E-state index contributed by atoms with van der Waals surface area (Å²) in [4.78, 5) is 16.6. The summed E-state index contributed by atoms with van der Waals surface area (Å²) >= 11 is 1.20. The van der Waals surface area contributed by atoms with Crippen LogP contribution < -0.4 is 9.64 Å². The van der Waals surface area contributed by atoms with Crippen molar-refractivity contribution in [3.05, 3.63) is 161 Å². The molecule has 5 aromatic carbocycles. The monoisotopic (exact) mass is 577 g/mol. The second-order valence-electron chi connectivity index (χ2n) is 10.8. The molecule has 0 aromatic heterocycles. The van der Waals surface area contributed by atoms with Gasteiger partial charge in [-0.1, -0.05) is 121 Å². The van der Waals surface area contributed by atoms with Gasteiger partial charge in [-0.15, -0.1) is 0 Å². The van der Waals surface area contributed by atoms with E-state index in [1.807, 2.05) is 89.9 Å². The Bertz CT molecular complexity index is 1870. The van der Waals surface area contributed by atoms with E-state index in [1.54, 1.807) is 4.90 Å². The van der Waals surface area contributed by atoms with E-state index in [-0.39, 0.29) is 11.3 Å². The highest BCUT2D eigenvalue weighted by molar-refractivity contribution is 8.17. The van der Waals surface area contributed by atoms with Crippen LogP contribution in [0.2, 0.25) is 0 Å². The lowest BCUT2D eigenvalue weighted by molar-refractivity contribution is -0.0763. The zero-order chi connectivity index (χ0) is 28.8. The van der Waals surface area contributed by atoms with Crippen LogP contribution in [0.15, 0.2) is 150 Å². The first-order valence-electron chi connectivity index (χ1n) is 14.4. The van der Waals surface area contributed by atoms with Crippen LogP contribution in [-0.2, 0) is 0 Å². The molecule has 2 atom stereocenters. The number of para-hydroxylation sites is 2. The van der Waals surface area contributed by atoms with E-state index in [0.29, 0.717) is 6.42 Å². The highest BCUT2D eigenvalue weighted by Crippen LogP contribution is 2.57. The number of benzene rings is 5. The fourth-order valence-corrected chi connectivity index (χ4v) is 7.23. The normalized spacial score (nSPS) is 21.5. The van der Waals surface area contributed by atoms with Gasteiger partial charge in [0, 0.05) is 12.0 Å². The lowest BCUT2D eigenvalue weighted by Gasteiger charge is -2.49. The van der Waals surface area contributed by atoms with Crippen LogP contribution in [0.4, 0.5) is 10.5 Å². The fraction of sp³-hybridized carbons (Fsp3) is 0.0811. The number of thioether (sulfide) groups is 1. The quantitative estimate of drug-likeness (QED) is 0.214. The van der Waals surface area contributed by atoms with Crippen molar-refractivity contribution in [3.63, 3.8) is 0 Å². The molecule has 3 aliphatic rings. The van der Waals surface area contributed by atoms with E-state index in [0.717, 1.165) is 49.9 Å². The Labute approximate surface area is 254 Å². The molecule has 43 heavy (non-hydrogen) atoms. The molecule has 0 radical (unpaired) electrons. The molecule has 1 fully saturated rings. The first-order chi connectivity index (χ1) is 21.2. The smallest absolute Gasteiger partial charge is 0.321 e. The summed E-state index contributed by atoms with van der Waals surface area (Å²) < 4.78 is 7.03. The van der Waals surface area contributed by atoms with E-state index in [1.165, 1.54) is 11.8 Å². The van der Waals surface area contributed by atoms with Crippen LogP contribution >= 0.6 is 11.8 Å². The number of carbonyl (C=O) groups is 1. The van der Waals surface area contributed by atoms with Crippen molar-refractivity contribution in [2.75, 3.05) is 4.90 Å². The van der Waals surface area contributed by atoms with Gasteiger partial charge < -0.3 is 4.74 Å². The molecular weight excluding hydrogens is 550 g/mol. The van der Waals surface area contributed by atoms with Crippen LogP contribution in [-0.4, -0.2) is 21.8 Å². The predicted molar refractivity (Wildman–Crippen MR) is 174 cm³/mol. The molecule has 6 heteroatoms. The number of carbonyl (C=O) groups excluding carboxylic acids is 1. The summed E-state index contributed by atoms with van der Waals surface area (Å²) in [6, 6.07) is 46.8. The summed E-state index contributed by atoms with van der Waals surface area (Å²) in [7, 11) is 0. The number of hydrogen-bond donors (Lipinski definition) is 0. The van der Waals surface area contributed by atoms with E-state index < -0.39 is 5.85 Å². The summed E-state index contributed by atoms with van der Waals surface area (Å²) in [5.74, 6) is -0.536. The van der Waals surface area contributed by atoms with Gasteiger partial charge in [0.25, 0.3) is 5.24 Å². The van der Waals surface area contributed by atoms with Crippen LogP contribution in [0.3, 0.4) is 0 Å². The number of ether oxygens (including phenoxy) is 1. The first-order valence-corrected chi connectivity index (χ1v) is 15.2. The maximum Gasteiger partial charge on any atom is 0.321 e. The average molecular weight is 578 g/mol. The molecule has 1 spiro atoms. The first kappa shape index (κ1) is 25.6. The van der Waals surface area contributed by atoms with Crippen LogP contribution in [0.25, 0.3) is 17.2 Å². The van der Waals surface area contributed by atoms with E-state index in [9.17, 15) is 4.79 Å². The second kappa shape index (κ2) is 10.3. The zero-order valence-corrected chi connectivity index (χ0v) is 24.0. The number of amides is 1. The Morgan fingerprint density at radius 2 is 1.33 bits per heavy atom. The Morgan fingerprint density at radius 1 is 0.721 bits per heavy atom. The van der Waals surface area contributed by atoms with Gasteiger partial charge >= 0.3 is 5.85 Å². The third-order valence-electron chi connectivity index (χ3n) is 8.19. The zero-order valence-electron chi connectivity index (χ0n) is 23.2. The molecule has 0 aliphatic carbocycles.